The Hall–Kier alpha value is -2.01. The molecule has 0 spiro atoms. The molecule has 0 aliphatic carbocycles. The van der Waals surface area contributed by atoms with Crippen molar-refractivity contribution in [3.63, 3.8) is 0 Å². The highest BCUT2D eigenvalue weighted by molar-refractivity contribution is 5.84. The second-order valence-corrected chi connectivity index (χ2v) is 2.86. The highest BCUT2D eigenvalue weighted by Crippen LogP contribution is 2.20. The molecule has 2 aromatic carbocycles. The Morgan fingerprint density at radius 3 is 2.46 bits per heavy atom. The highest BCUT2D eigenvalue weighted by atomic mass is 16.3. The van der Waals surface area contributed by atoms with Crippen molar-refractivity contribution < 1.29 is 5.11 Å². The molecule has 2 nitrogen and oxygen atoms in total. The van der Waals surface area contributed by atoms with Gasteiger partial charge in [-0.15, -0.1) is 0 Å². The molecule has 0 radical (unpaired) electrons. The smallest absolute Gasteiger partial charge is 0.116 e. The van der Waals surface area contributed by atoms with Gasteiger partial charge in [0.05, 0.1) is 11.6 Å². The number of nitrogens with zero attached hydrogens (tertiary/aromatic N) is 1. The van der Waals surface area contributed by atoms with E-state index in [9.17, 15) is 5.11 Å². The van der Waals surface area contributed by atoms with E-state index in [4.69, 9.17) is 5.26 Å². The molecule has 62 valence electrons. The standard InChI is InChI=1S/C11H7NO/c12-7-8-1-2-10-6-11(13)4-3-9(10)5-8/h1-6,13H. The van der Waals surface area contributed by atoms with Gasteiger partial charge in [-0.05, 0) is 35.0 Å². The summed E-state index contributed by atoms with van der Waals surface area (Å²) < 4.78 is 0. The molecule has 0 unspecified atom stereocenters. The van der Waals surface area contributed by atoms with Gasteiger partial charge in [0, 0.05) is 0 Å². The summed E-state index contributed by atoms with van der Waals surface area (Å²) in [4.78, 5) is 0. The van der Waals surface area contributed by atoms with Crippen molar-refractivity contribution in [1.29, 1.82) is 5.26 Å². The van der Waals surface area contributed by atoms with E-state index in [2.05, 4.69) is 6.07 Å². The summed E-state index contributed by atoms with van der Waals surface area (Å²) in [6.45, 7) is 0. The van der Waals surface area contributed by atoms with Crippen molar-refractivity contribution in [2.75, 3.05) is 0 Å². The Morgan fingerprint density at radius 1 is 1.00 bits per heavy atom. The van der Waals surface area contributed by atoms with Crippen LogP contribution >= 0.6 is 0 Å². The molecule has 0 heterocycles. The Morgan fingerprint density at radius 2 is 1.69 bits per heavy atom. The third-order valence-electron chi connectivity index (χ3n) is 1.95. The van der Waals surface area contributed by atoms with Crippen LogP contribution in [0.4, 0.5) is 0 Å². The number of aromatic hydroxyl groups is 1. The number of nitriles is 1. The van der Waals surface area contributed by atoms with Gasteiger partial charge in [0.15, 0.2) is 0 Å². The van der Waals surface area contributed by atoms with Gasteiger partial charge in [0.2, 0.25) is 0 Å². The summed E-state index contributed by atoms with van der Waals surface area (Å²) in [5, 5.41) is 19.8. The van der Waals surface area contributed by atoms with Crippen molar-refractivity contribution in [1.82, 2.24) is 0 Å². The molecule has 13 heavy (non-hydrogen) atoms. The summed E-state index contributed by atoms with van der Waals surface area (Å²) >= 11 is 0. The lowest BCUT2D eigenvalue weighted by Gasteiger charge is -1.98. The molecule has 2 rings (SSSR count). The second kappa shape index (κ2) is 2.80. The van der Waals surface area contributed by atoms with E-state index in [1.807, 2.05) is 6.07 Å². The van der Waals surface area contributed by atoms with Crippen LogP contribution in [0, 0.1) is 11.3 Å². The van der Waals surface area contributed by atoms with Crippen molar-refractivity contribution >= 4 is 10.8 Å². The van der Waals surface area contributed by atoms with Crippen LogP contribution < -0.4 is 0 Å². The van der Waals surface area contributed by atoms with Gasteiger partial charge in [0.25, 0.3) is 0 Å². The summed E-state index contributed by atoms with van der Waals surface area (Å²) in [6.07, 6.45) is 0. The van der Waals surface area contributed by atoms with Crippen LogP contribution in [-0.2, 0) is 0 Å². The molecular weight excluding hydrogens is 162 g/mol. The molecule has 2 heteroatoms. The van der Waals surface area contributed by atoms with Crippen LogP contribution in [0.2, 0.25) is 0 Å². The number of phenolic OH excluding ortho intramolecular Hbond substituents is 1. The van der Waals surface area contributed by atoms with Gasteiger partial charge in [-0.2, -0.15) is 5.26 Å². The van der Waals surface area contributed by atoms with E-state index in [1.165, 1.54) is 0 Å². The predicted octanol–water partition coefficient (Wildman–Crippen LogP) is 2.42. The van der Waals surface area contributed by atoms with Crippen LogP contribution in [0.25, 0.3) is 10.8 Å². The minimum atomic E-state index is 0.247. The summed E-state index contributed by atoms with van der Waals surface area (Å²) in [5.41, 5.74) is 0.637. The third-order valence-corrected chi connectivity index (χ3v) is 1.95. The van der Waals surface area contributed by atoms with E-state index >= 15 is 0 Å². The Kier molecular flexibility index (Phi) is 1.64. The minimum Gasteiger partial charge on any atom is -0.508 e. The number of rotatable bonds is 0. The fourth-order valence-electron chi connectivity index (χ4n) is 1.30. The molecule has 0 aromatic heterocycles. The van der Waals surface area contributed by atoms with Gasteiger partial charge in [-0.3, -0.25) is 0 Å². The highest BCUT2D eigenvalue weighted by Gasteiger charge is 1.96. The summed E-state index contributed by atoms with van der Waals surface area (Å²) in [6, 6.07) is 12.5. The van der Waals surface area contributed by atoms with Gasteiger partial charge < -0.3 is 5.11 Å². The van der Waals surface area contributed by atoms with Gasteiger partial charge >= 0.3 is 0 Å². The minimum absolute atomic E-state index is 0.247. The number of fused-ring (bicyclic) bond motifs is 1. The topological polar surface area (TPSA) is 44.0 Å². The Bertz CT molecular complexity index is 497. The van der Waals surface area contributed by atoms with E-state index < -0.39 is 0 Å². The molecule has 2 aromatic rings. The zero-order chi connectivity index (χ0) is 9.26. The maximum absolute atomic E-state index is 9.19. The molecule has 0 atom stereocenters. The van der Waals surface area contributed by atoms with E-state index in [1.54, 1.807) is 30.3 Å². The fraction of sp³-hybridized carbons (Fsp3) is 0. The SMILES string of the molecule is N#Cc1ccc2cc(O)ccc2c1. The molecule has 0 fully saturated rings. The van der Waals surface area contributed by atoms with Crippen molar-refractivity contribution in [3.8, 4) is 11.8 Å². The van der Waals surface area contributed by atoms with Crippen molar-refractivity contribution in [3.05, 3.63) is 42.0 Å². The normalized spacial score (nSPS) is 9.77. The first-order chi connectivity index (χ1) is 6.29. The maximum atomic E-state index is 9.19. The monoisotopic (exact) mass is 169 g/mol. The van der Waals surface area contributed by atoms with Crippen molar-refractivity contribution in [2.45, 2.75) is 0 Å². The van der Waals surface area contributed by atoms with E-state index in [0.717, 1.165) is 10.8 Å². The lowest BCUT2D eigenvalue weighted by Crippen LogP contribution is -1.75. The molecular formula is C11H7NO. The second-order valence-electron chi connectivity index (χ2n) is 2.86. The zero-order valence-electron chi connectivity index (χ0n) is 6.86. The fourth-order valence-corrected chi connectivity index (χ4v) is 1.30. The van der Waals surface area contributed by atoms with Crippen LogP contribution in [0.1, 0.15) is 5.56 Å². The average molecular weight is 169 g/mol. The third kappa shape index (κ3) is 1.32. The Labute approximate surface area is 75.7 Å². The largest absolute Gasteiger partial charge is 0.508 e. The molecule has 0 aliphatic rings. The summed E-state index contributed by atoms with van der Waals surface area (Å²) in [5.74, 6) is 0.247. The van der Waals surface area contributed by atoms with Gasteiger partial charge in [0.1, 0.15) is 5.75 Å². The lowest BCUT2D eigenvalue weighted by molar-refractivity contribution is 0.476. The summed E-state index contributed by atoms with van der Waals surface area (Å²) in [7, 11) is 0. The molecule has 0 saturated heterocycles. The number of phenols is 1. The van der Waals surface area contributed by atoms with Crippen LogP contribution in [0.5, 0.6) is 5.75 Å². The molecule has 0 amide bonds. The van der Waals surface area contributed by atoms with E-state index in [-0.39, 0.29) is 5.75 Å². The van der Waals surface area contributed by atoms with Gasteiger partial charge in [-0.25, -0.2) is 0 Å². The van der Waals surface area contributed by atoms with Crippen LogP contribution in [0.3, 0.4) is 0 Å². The predicted molar refractivity (Wildman–Crippen MR) is 50.3 cm³/mol. The number of hydrogen-bond acceptors (Lipinski definition) is 2. The van der Waals surface area contributed by atoms with Gasteiger partial charge in [-0.1, -0.05) is 12.1 Å². The molecule has 0 bridgehead atoms. The van der Waals surface area contributed by atoms with Crippen molar-refractivity contribution in [2.24, 2.45) is 0 Å². The zero-order valence-corrected chi connectivity index (χ0v) is 6.86. The lowest BCUT2D eigenvalue weighted by atomic mass is 10.1. The van der Waals surface area contributed by atoms with E-state index in [0.29, 0.717) is 5.56 Å². The molecule has 0 aliphatic heterocycles. The molecule has 0 saturated carbocycles. The Balaban J connectivity index is 2.75. The molecule has 1 N–H and O–H groups in total. The average Bonchev–Trinajstić information content (AvgIpc) is 2.17. The number of benzene rings is 2. The maximum Gasteiger partial charge on any atom is 0.116 e. The first-order valence-corrected chi connectivity index (χ1v) is 3.92. The first kappa shape index (κ1) is 7.63. The van der Waals surface area contributed by atoms with Crippen LogP contribution in [-0.4, -0.2) is 5.11 Å². The van der Waals surface area contributed by atoms with Crippen LogP contribution in [0.15, 0.2) is 36.4 Å². The first-order valence-electron chi connectivity index (χ1n) is 3.92. The quantitative estimate of drug-likeness (QED) is 0.658. The number of hydrogen-bond donors (Lipinski definition) is 1.